The van der Waals surface area contributed by atoms with Crippen LogP contribution >= 0.6 is 15.9 Å². The van der Waals surface area contributed by atoms with Gasteiger partial charge in [-0.3, -0.25) is 4.79 Å². The van der Waals surface area contributed by atoms with E-state index < -0.39 is 18.3 Å². The van der Waals surface area contributed by atoms with Crippen molar-refractivity contribution in [3.05, 3.63) is 63.9 Å². The molecule has 0 saturated heterocycles. The second-order valence-electron chi connectivity index (χ2n) is 4.93. The summed E-state index contributed by atoms with van der Waals surface area (Å²) in [5.74, 6) is -1.15. The standard InChI is InChI=1S/C17H15BrF3NO2/c1-2-22(10-11-9-12(18)7-8-14(11)19)16(23)13-5-3-4-6-15(13)24-17(20)21/h3-9,17H,2,10H2,1H3. The third-order valence-corrected chi connectivity index (χ3v) is 3.86. The Morgan fingerprint density at radius 3 is 2.62 bits per heavy atom. The predicted molar refractivity (Wildman–Crippen MR) is 87.6 cm³/mol. The van der Waals surface area contributed by atoms with Crippen molar-refractivity contribution < 1.29 is 22.7 Å². The van der Waals surface area contributed by atoms with E-state index in [9.17, 15) is 18.0 Å². The normalized spacial score (nSPS) is 10.8. The summed E-state index contributed by atoms with van der Waals surface area (Å²) >= 11 is 3.26. The number of hydrogen-bond donors (Lipinski definition) is 0. The van der Waals surface area contributed by atoms with E-state index in [0.717, 1.165) is 0 Å². The molecule has 2 aromatic rings. The van der Waals surface area contributed by atoms with Crippen molar-refractivity contribution in [2.24, 2.45) is 0 Å². The first-order valence-electron chi connectivity index (χ1n) is 7.19. The molecule has 0 unspecified atom stereocenters. The summed E-state index contributed by atoms with van der Waals surface area (Å²) in [5.41, 5.74) is 0.335. The number of alkyl halides is 2. The summed E-state index contributed by atoms with van der Waals surface area (Å²) in [6.07, 6.45) is 0. The highest BCUT2D eigenvalue weighted by molar-refractivity contribution is 9.10. The Balaban J connectivity index is 2.28. The molecule has 0 aromatic heterocycles. The fourth-order valence-electron chi connectivity index (χ4n) is 2.21. The second-order valence-corrected chi connectivity index (χ2v) is 5.85. The fourth-order valence-corrected chi connectivity index (χ4v) is 2.62. The Kier molecular flexibility index (Phi) is 6.25. The van der Waals surface area contributed by atoms with Crippen LogP contribution in [0.3, 0.4) is 0 Å². The van der Waals surface area contributed by atoms with Gasteiger partial charge in [0.1, 0.15) is 11.6 Å². The molecule has 0 aliphatic heterocycles. The topological polar surface area (TPSA) is 29.5 Å². The minimum Gasteiger partial charge on any atom is -0.434 e. The van der Waals surface area contributed by atoms with E-state index in [1.807, 2.05) is 0 Å². The SMILES string of the molecule is CCN(Cc1cc(Br)ccc1F)C(=O)c1ccccc1OC(F)F. The third kappa shape index (κ3) is 4.50. The summed E-state index contributed by atoms with van der Waals surface area (Å²) in [6.45, 7) is -1.00. The van der Waals surface area contributed by atoms with Crippen LogP contribution in [0.25, 0.3) is 0 Å². The van der Waals surface area contributed by atoms with Crippen LogP contribution in [0.5, 0.6) is 5.75 Å². The number of carbonyl (C=O) groups is 1. The number of hydrogen-bond acceptors (Lipinski definition) is 2. The van der Waals surface area contributed by atoms with Gasteiger partial charge >= 0.3 is 6.61 Å². The Bertz CT molecular complexity index is 725. The Morgan fingerprint density at radius 2 is 1.96 bits per heavy atom. The highest BCUT2D eigenvalue weighted by Crippen LogP contribution is 2.24. The molecule has 128 valence electrons. The Labute approximate surface area is 146 Å². The number of para-hydroxylation sites is 1. The van der Waals surface area contributed by atoms with Crippen molar-refractivity contribution in [1.29, 1.82) is 0 Å². The van der Waals surface area contributed by atoms with Gasteiger partial charge in [0.25, 0.3) is 5.91 Å². The van der Waals surface area contributed by atoms with E-state index >= 15 is 0 Å². The minimum atomic E-state index is -3.03. The number of carbonyl (C=O) groups excluding carboxylic acids is 1. The number of nitrogens with zero attached hydrogens (tertiary/aromatic N) is 1. The largest absolute Gasteiger partial charge is 0.434 e. The molecule has 7 heteroatoms. The molecule has 1 amide bonds. The van der Waals surface area contributed by atoms with Crippen LogP contribution in [0, 0.1) is 5.82 Å². The van der Waals surface area contributed by atoms with Gasteiger partial charge < -0.3 is 9.64 Å². The summed E-state index contributed by atoms with van der Waals surface area (Å²) in [7, 11) is 0. The van der Waals surface area contributed by atoms with Gasteiger partial charge in [-0.1, -0.05) is 28.1 Å². The monoisotopic (exact) mass is 401 g/mol. The van der Waals surface area contributed by atoms with Crippen LogP contribution < -0.4 is 4.74 Å². The number of amides is 1. The number of halogens is 4. The first-order chi connectivity index (χ1) is 11.4. The maximum atomic E-state index is 13.9. The third-order valence-electron chi connectivity index (χ3n) is 3.37. The van der Waals surface area contributed by atoms with Gasteiger partial charge in [-0.15, -0.1) is 0 Å². The summed E-state index contributed by atoms with van der Waals surface area (Å²) in [5, 5.41) is 0. The summed E-state index contributed by atoms with van der Waals surface area (Å²) in [6, 6.07) is 10.2. The van der Waals surface area contributed by atoms with Crippen molar-refractivity contribution in [3.8, 4) is 5.75 Å². The summed E-state index contributed by atoms with van der Waals surface area (Å²) in [4.78, 5) is 14.0. The van der Waals surface area contributed by atoms with Crippen molar-refractivity contribution in [1.82, 2.24) is 4.90 Å². The maximum absolute atomic E-state index is 13.9. The van der Waals surface area contributed by atoms with Crippen molar-refractivity contribution >= 4 is 21.8 Å². The number of benzene rings is 2. The molecule has 0 N–H and O–H groups in total. The number of rotatable bonds is 6. The van der Waals surface area contributed by atoms with Crippen molar-refractivity contribution in [2.45, 2.75) is 20.1 Å². The molecule has 0 fully saturated rings. The van der Waals surface area contributed by atoms with Gasteiger partial charge in [-0.05, 0) is 37.3 Å². The predicted octanol–water partition coefficient (Wildman–Crippen LogP) is 4.85. The molecule has 0 heterocycles. The molecule has 0 saturated carbocycles. The van der Waals surface area contributed by atoms with Crippen LogP contribution in [0.4, 0.5) is 13.2 Å². The lowest BCUT2D eigenvalue weighted by Gasteiger charge is -2.22. The molecule has 2 aromatic carbocycles. The molecule has 0 radical (unpaired) electrons. The van der Waals surface area contributed by atoms with E-state index in [4.69, 9.17) is 0 Å². The molecular weight excluding hydrogens is 387 g/mol. The van der Waals surface area contributed by atoms with Gasteiger partial charge in [-0.25, -0.2) is 4.39 Å². The minimum absolute atomic E-state index is 0.00931. The van der Waals surface area contributed by atoms with E-state index in [1.165, 1.54) is 29.2 Å². The second kappa shape index (κ2) is 8.19. The van der Waals surface area contributed by atoms with Gasteiger partial charge in [0.05, 0.1) is 5.56 Å². The zero-order valence-electron chi connectivity index (χ0n) is 12.8. The molecule has 0 aliphatic rings. The average molecular weight is 402 g/mol. The van der Waals surface area contributed by atoms with E-state index in [0.29, 0.717) is 10.0 Å². The van der Waals surface area contributed by atoms with Gasteiger partial charge in [-0.2, -0.15) is 8.78 Å². The quantitative estimate of drug-likeness (QED) is 0.692. The van der Waals surface area contributed by atoms with E-state index in [2.05, 4.69) is 20.7 Å². The summed E-state index contributed by atoms with van der Waals surface area (Å²) < 4.78 is 44.0. The lowest BCUT2D eigenvalue weighted by molar-refractivity contribution is -0.0502. The fraction of sp³-hybridized carbons (Fsp3) is 0.235. The van der Waals surface area contributed by atoms with E-state index in [-0.39, 0.29) is 24.4 Å². The molecule has 3 nitrogen and oxygen atoms in total. The molecule has 24 heavy (non-hydrogen) atoms. The maximum Gasteiger partial charge on any atom is 0.387 e. The van der Waals surface area contributed by atoms with Crippen molar-refractivity contribution in [3.63, 3.8) is 0 Å². The smallest absolute Gasteiger partial charge is 0.387 e. The zero-order valence-corrected chi connectivity index (χ0v) is 14.4. The molecule has 0 bridgehead atoms. The van der Waals surface area contributed by atoms with Gasteiger partial charge in [0, 0.05) is 23.1 Å². The molecule has 2 rings (SSSR count). The average Bonchev–Trinajstić information content (AvgIpc) is 2.55. The zero-order chi connectivity index (χ0) is 17.7. The molecular formula is C17H15BrF3NO2. The Morgan fingerprint density at radius 1 is 1.25 bits per heavy atom. The highest BCUT2D eigenvalue weighted by atomic mass is 79.9. The molecule has 0 atom stereocenters. The lowest BCUT2D eigenvalue weighted by Crippen LogP contribution is -2.31. The van der Waals surface area contributed by atoms with Gasteiger partial charge in [0.2, 0.25) is 0 Å². The van der Waals surface area contributed by atoms with E-state index in [1.54, 1.807) is 25.1 Å². The van der Waals surface area contributed by atoms with Crippen molar-refractivity contribution in [2.75, 3.05) is 6.54 Å². The number of ether oxygens (including phenoxy) is 1. The highest BCUT2D eigenvalue weighted by Gasteiger charge is 2.21. The van der Waals surface area contributed by atoms with Crippen LogP contribution in [0.15, 0.2) is 46.9 Å². The first kappa shape index (κ1) is 18.3. The lowest BCUT2D eigenvalue weighted by atomic mass is 10.1. The van der Waals surface area contributed by atoms with Crippen LogP contribution in [0.1, 0.15) is 22.8 Å². The van der Waals surface area contributed by atoms with Crippen LogP contribution in [-0.2, 0) is 6.54 Å². The molecule has 0 aliphatic carbocycles. The molecule has 0 spiro atoms. The van der Waals surface area contributed by atoms with Crippen LogP contribution in [0.2, 0.25) is 0 Å². The first-order valence-corrected chi connectivity index (χ1v) is 7.98. The Hall–Kier alpha value is -2.02. The van der Waals surface area contributed by atoms with Crippen LogP contribution in [-0.4, -0.2) is 24.0 Å². The van der Waals surface area contributed by atoms with Gasteiger partial charge in [0.15, 0.2) is 0 Å².